The van der Waals surface area contributed by atoms with Crippen LogP contribution in [0.15, 0.2) is 11.8 Å². The maximum Gasteiger partial charge on any atom is 0.128 e. The van der Waals surface area contributed by atoms with E-state index in [4.69, 9.17) is 16.2 Å². The summed E-state index contributed by atoms with van der Waals surface area (Å²) in [6.45, 7) is 7.62. The zero-order chi connectivity index (χ0) is 9.61. The molecule has 0 heterocycles. The molecular formula is C10H16O2. The van der Waals surface area contributed by atoms with Crippen LogP contribution in [0.1, 0.15) is 34.1 Å². The van der Waals surface area contributed by atoms with Crippen LogP contribution in [0.4, 0.5) is 0 Å². The van der Waals surface area contributed by atoms with Gasteiger partial charge in [0.05, 0.1) is 0 Å². The van der Waals surface area contributed by atoms with Crippen LogP contribution in [0.3, 0.4) is 0 Å². The molecule has 0 aromatic carbocycles. The van der Waals surface area contributed by atoms with Crippen LogP contribution >= 0.6 is 0 Å². The summed E-state index contributed by atoms with van der Waals surface area (Å²) in [4.78, 5) is 9.92. The third-order valence-corrected chi connectivity index (χ3v) is 1.09. The van der Waals surface area contributed by atoms with Gasteiger partial charge in [-0.2, -0.15) is 4.89 Å². The standard InChI is InChI=1S/C10H16O2/c1-6-7-10(4,5)12-11-8-9(2)3/h1,8H,7H2,2-5H3. The fourth-order valence-corrected chi connectivity index (χ4v) is 0.526. The maximum atomic E-state index is 5.15. The molecule has 0 aliphatic heterocycles. The van der Waals surface area contributed by atoms with Gasteiger partial charge in [-0.1, -0.05) is 0 Å². The Labute approximate surface area is 74.5 Å². The van der Waals surface area contributed by atoms with Crippen molar-refractivity contribution in [3.63, 3.8) is 0 Å². The van der Waals surface area contributed by atoms with Gasteiger partial charge in [-0.25, -0.2) is 0 Å². The topological polar surface area (TPSA) is 18.5 Å². The molecule has 0 radical (unpaired) electrons. The first-order valence-corrected chi connectivity index (χ1v) is 3.89. The Morgan fingerprint density at radius 3 is 2.50 bits per heavy atom. The molecule has 68 valence electrons. The summed E-state index contributed by atoms with van der Waals surface area (Å²) in [6, 6.07) is 0. The Kier molecular flexibility index (Phi) is 4.46. The summed E-state index contributed by atoms with van der Waals surface area (Å²) < 4.78 is 0. The van der Waals surface area contributed by atoms with Crippen molar-refractivity contribution < 1.29 is 9.78 Å². The highest BCUT2D eigenvalue weighted by molar-refractivity contribution is 4.91. The van der Waals surface area contributed by atoms with Gasteiger partial charge in [0.25, 0.3) is 0 Å². The zero-order valence-electron chi connectivity index (χ0n) is 8.18. The summed E-state index contributed by atoms with van der Waals surface area (Å²) in [5.41, 5.74) is 0.632. The lowest BCUT2D eigenvalue weighted by molar-refractivity contribution is -0.314. The van der Waals surface area contributed by atoms with E-state index in [9.17, 15) is 0 Å². The number of rotatable bonds is 4. The second kappa shape index (κ2) is 4.84. The van der Waals surface area contributed by atoms with E-state index in [-0.39, 0.29) is 0 Å². The molecule has 2 nitrogen and oxygen atoms in total. The highest BCUT2D eigenvalue weighted by Gasteiger charge is 2.18. The lowest BCUT2D eigenvalue weighted by atomic mass is 10.1. The van der Waals surface area contributed by atoms with E-state index >= 15 is 0 Å². The highest BCUT2D eigenvalue weighted by Crippen LogP contribution is 2.13. The minimum atomic E-state index is -0.416. The maximum absolute atomic E-state index is 5.15. The predicted molar refractivity (Wildman–Crippen MR) is 49.1 cm³/mol. The molecule has 0 N–H and O–H groups in total. The molecule has 12 heavy (non-hydrogen) atoms. The van der Waals surface area contributed by atoms with Gasteiger partial charge in [-0.05, 0) is 33.3 Å². The first-order valence-electron chi connectivity index (χ1n) is 3.89. The van der Waals surface area contributed by atoms with Gasteiger partial charge < -0.3 is 4.89 Å². The van der Waals surface area contributed by atoms with Crippen LogP contribution < -0.4 is 0 Å². The van der Waals surface area contributed by atoms with E-state index in [0.29, 0.717) is 6.42 Å². The molecule has 0 aromatic heterocycles. The number of hydrogen-bond acceptors (Lipinski definition) is 2. The average molecular weight is 168 g/mol. The quantitative estimate of drug-likeness (QED) is 0.278. The molecule has 0 amide bonds. The first-order chi connectivity index (χ1) is 5.48. The summed E-state index contributed by atoms with van der Waals surface area (Å²) >= 11 is 0. The molecule has 0 fully saturated rings. The van der Waals surface area contributed by atoms with Crippen molar-refractivity contribution in [3.8, 4) is 12.3 Å². The van der Waals surface area contributed by atoms with Gasteiger partial charge in [0.1, 0.15) is 11.9 Å². The Hall–Kier alpha value is -0.940. The van der Waals surface area contributed by atoms with Crippen LogP contribution in [-0.4, -0.2) is 5.60 Å². The smallest absolute Gasteiger partial charge is 0.128 e. The molecule has 0 saturated carbocycles. The number of terminal acetylenes is 1. The van der Waals surface area contributed by atoms with Crippen LogP contribution in [0.25, 0.3) is 0 Å². The normalized spacial score (nSPS) is 10.2. The van der Waals surface area contributed by atoms with Gasteiger partial charge in [0.15, 0.2) is 0 Å². The summed E-state index contributed by atoms with van der Waals surface area (Å²) in [6.07, 6.45) is 7.23. The molecule has 0 unspecified atom stereocenters. The molecule has 2 heteroatoms. The van der Waals surface area contributed by atoms with Crippen LogP contribution in [0.5, 0.6) is 0 Å². The van der Waals surface area contributed by atoms with Gasteiger partial charge in [0, 0.05) is 6.42 Å². The predicted octanol–water partition coefficient (Wildman–Crippen LogP) is 2.66. The van der Waals surface area contributed by atoms with E-state index in [0.717, 1.165) is 5.57 Å². The fourth-order valence-electron chi connectivity index (χ4n) is 0.526. The molecular weight excluding hydrogens is 152 g/mol. The highest BCUT2D eigenvalue weighted by atomic mass is 17.2. The molecule has 0 bridgehead atoms. The monoisotopic (exact) mass is 168 g/mol. The number of hydrogen-bond donors (Lipinski definition) is 0. The Morgan fingerprint density at radius 2 is 2.08 bits per heavy atom. The Bertz CT molecular complexity index is 192. The van der Waals surface area contributed by atoms with Crippen molar-refractivity contribution >= 4 is 0 Å². The first kappa shape index (κ1) is 11.1. The molecule has 0 saturated heterocycles. The van der Waals surface area contributed by atoms with Crippen molar-refractivity contribution in [1.82, 2.24) is 0 Å². The molecule has 0 aliphatic carbocycles. The summed E-state index contributed by atoms with van der Waals surface area (Å²) in [5, 5.41) is 0. The average Bonchev–Trinajstić information content (AvgIpc) is 1.85. The Balaban J connectivity index is 3.77. The van der Waals surface area contributed by atoms with Crippen LogP contribution in [0, 0.1) is 12.3 Å². The van der Waals surface area contributed by atoms with E-state index in [1.165, 1.54) is 0 Å². The molecule has 0 atom stereocenters. The van der Waals surface area contributed by atoms with Gasteiger partial charge in [-0.15, -0.1) is 12.3 Å². The van der Waals surface area contributed by atoms with Crippen molar-refractivity contribution in [3.05, 3.63) is 11.8 Å². The summed E-state index contributed by atoms with van der Waals surface area (Å²) in [5.74, 6) is 2.52. The van der Waals surface area contributed by atoms with E-state index in [2.05, 4.69) is 5.92 Å². The van der Waals surface area contributed by atoms with E-state index < -0.39 is 5.60 Å². The van der Waals surface area contributed by atoms with Crippen molar-refractivity contribution in [2.75, 3.05) is 0 Å². The molecule has 0 rings (SSSR count). The fraction of sp³-hybridized carbons (Fsp3) is 0.600. The molecule has 0 spiro atoms. The molecule has 0 aliphatic rings. The minimum Gasteiger partial charge on any atom is -0.345 e. The van der Waals surface area contributed by atoms with E-state index in [1.807, 2.05) is 27.7 Å². The second-order valence-corrected chi connectivity index (χ2v) is 3.52. The van der Waals surface area contributed by atoms with Gasteiger partial charge >= 0.3 is 0 Å². The van der Waals surface area contributed by atoms with Crippen molar-refractivity contribution in [2.24, 2.45) is 0 Å². The second-order valence-electron chi connectivity index (χ2n) is 3.52. The van der Waals surface area contributed by atoms with Crippen LogP contribution in [-0.2, 0) is 9.78 Å². The lowest BCUT2D eigenvalue weighted by Crippen LogP contribution is -2.22. The van der Waals surface area contributed by atoms with Crippen molar-refractivity contribution in [1.29, 1.82) is 0 Å². The third-order valence-electron chi connectivity index (χ3n) is 1.09. The lowest BCUT2D eigenvalue weighted by Gasteiger charge is -2.19. The largest absolute Gasteiger partial charge is 0.345 e. The third kappa shape index (κ3) is 5.82. The Morgan fingerprint density at radius 1 is 1.50 bits per heavy atom. The van der Waals surface area contributed by atoms with Crippen molar-refractivity contribution in [2.45, 2.75) is 39.7 Å². The van der Waals surface area contributed by atoms with Gasteiger partial charge in [-0.3, -0.25) is 0 Å². The van der Waals surface area contributed by atoms with Crippen LogP contribution in [0.2, 0.25) is 0 Å². The minimum absolute atomic E-state index is 0.416. The van der Waals surface area contributed by atoms with Gasteiger partial charge in [0.2, 0.25) is 0 Å². The molecule has 0 aromatic rings. The SMILES string of the molecule is C#CCC(C)(C)OOC=C(C)C. The number of allylic oxidation sites excluding steroid dienone is 1. The summed E-state index contributed by atoms with van der Waals surface area (Å²) in [7, 11) is 0. The zero-order valence-corrected chi connectivity index (χ0v) is 8.18. The van der Waals surface area contributed by atoms with E-state index in [1.54, 1.807) is 6.26 Å².